The molecule has 0 spiro atoms. The maximum absolute atomic E-state index is 11.3. The topological polar surface area (TPSA) is 102 Å². The zero-order valence-corrected chi connectivity index (χ0v) is 10.3. The van der Waals surface area contributed by atoms with Gasteiger partial charge in [0, 0.05) is 12.5 Å². The van der Waals surface area contributed by atoms with Gasteiger partial charge in [0.05, 0.1) is 6.61 Å². The highest BCUT2D eigenvalue weighted by Gasteiger charge is 2.14. The van der Waals surface area contributed by atoms with Gasteiger partial charge in [-0.3, -0.25) is 4.79 Å². The van der Waals surface area contributed by atoms with Gasteiger partial charge in [-0.1, -0.05) is 0 Å². The van der Waals surface area contributed by atoms with Crippen LogP contribution in [0.5, 0.6) is 0 Å². The number of ether oxygens (including phenoxy) is 1. The van der Waals surface area contributed by atoms with Gasteiger partial charge < -0.3 is 19.6 Å². The molecule has 18 heavy (non-hydrogen) atoms. The molecule has 2 N–H and O–H groups in total. The molecular weight excluding hydrogens is 240 g/mol. The molecule has 0 saturated heterocycles. The number of carboxylic acid groups (broad SMARTS) is 1. The number of hydrogen-bond acceptors (Lipinski definition) is 6. The van der Waals surface area contributed by atoms with E-state index in [9.17, 15) is 9.59 Å². The van der Waals surface area contributed by atoms with Crippen LogP contribution in [0.25, 0.3) is 0 Å². The first-order chi connectivity index (χ1) is 8.52. The van der Waals surface area contributed by atoms with Crippen molar-refractivity contribution in [2.45, 2.75) is 32.7 Å². The van der Waals surface area contributed by atoms with Gasteiger partial charge in [-0.25, -0.2) is 4.79 Å². The summed E-state index contributed by atoms with van der Waals surface area (Å²) in [6, 6.07) is 0.0609. The molecular formula is C11H16N2O5. The average Bonchev–Trinajstić information content (AvgIpc) is 2.75. The minimum atomic E-state index is -0.858. The molecule has 0 bridgehead atoms. The van der Waals surface area contributed by atoms with Crippen molar-refractivity contribution in [3.63, 3.8) is 0 Å². The standard InChI is InChI=1S/C11H16N2O5/c1-3-17-10(16)8-6-18-11(13-8)12-7(2)4-5-9(14)15/h6-7H,3-5H2,1-2H3,(H,12,13)(H,14,15). The Hall–Kier alpha value is -2.05. The summed E-state index contributed by atoms with van der Waals surface area (Å²) in [5.74, 6) is -1.41. The molecule has 0 saturated carbocycles. The molecule has 1 aromatic heterocycles. The monoisotopic (exact) mass is 256 g/mol. The van der Waals surface area contributed by atoms with Crippen LogP contribution >= 0.6 is 0 Å². The molecule has 1 atom stereocenters. The highest BCUT2D eigenvalue weighted by Crippen LogP contribution is 2.11. The number of nitrogens with zero attached hydrogens (tertiary/aromatic N) is 1. The number of anilines is 1. The lowest BCUT2D eigenvalue weighted by atomic mass is 10.2. The van der Waals surface area contributed by atoms with E-state index < -0.39 is 11.9 Å². The second-order valence-corrected chi connectivity index (χ2v) is 3.74. The normalized spacial score (nSPS) is 11.9. The summed E-state index contributed by atoms with van der Waals surface area (Å²) < 4.78 is 9.80. The third-order valence-electron chi connectivity index (χ3n) is 2.15. The third kappa shape index (κ3) is 4.44. The molecule has 0 aromatic carbocycles. The largest absolute Gasteiger partial charge is 0.481 e. The molecule has 1 aromatic rings. The van der Waals surface area contributed by atoms with E-state index in [0.717, 1.165) is 0 Å². The summed E-state index contributed by atoms with van der Waals surface area (Å²) in [6.45, 7) is 3.77. The summed E-state index contributed by atoms with van der Waals surface area (Å²) in [5.41, 5.74) is 0.0878. The molecule has 7 nitrogen and oxygen atoms in total. The summed E-state index contributed by atoms with van der Waals surface area (Å²) in [5, 5.41) is 11.4. The van der Waals surface area contributed by atoms with Crippen molar-refractivity contribution in [3.05, 3.63) is 12.0 Å². The van der Waals surface area contributed by atoms with Gasteiger partial charge >= 0.3 is 11.9 Å². The predicted octanol–water partition coefficient (Wildman–Crippen LogP) is 1.52. The molecule has 0 aliphatic carbocycles. The maximum Gasteiger partial charge on any atom is 0.360 e. The Kier molecular flexibility index (Phi) is 5.16. The number of carbonyl (C=O) groups excluding carboxylic acids is 1. The molecule has 1 heterocycles. The molecule has 1 rings (SSSR count). The van der Waals surface area contributed by atoms with Crippen molar-refractivity contribution >= 4 is 18.0 Å². The summed E-state index contributed by atoms with van der Waals surface area (Å²) in [6.07, 6.45) is 1.69. The molecule has 1 unspecified atom stereocenters. The van der Waals surface area contributed by atoms with Gasteiger partial charge in [0.1, 0.15) is 6.26 Å². The predicted molar refractivity (Wildman–Crippen MR) is 62.4 cm³/mol. The molecule has 0 radical (unpaired) electrons. The fraction of sp³-hybridized carbons (Fsp3) is 0.545. The van der Waals surface area contributed by atoms with Crippen LogP contribution in [0.15, 0.2) is 10.7 Å². The first-order valence-electron chi connectivity index (χ1n) is 5.64. The Labute approximate surface area is 104 Å². The van der Waals surface area contributed by atoms with Crippen molar-refractivity contribution in [1.29, 1.82) is 0 Å². The Morgan fingerprint density at radius 1 is 1.61 bits per heavy atom. The molecule has 7 heteroatoms. The first kappa shape index (κ1) is 14.0. The van der Waals surface area contributed by atoms with Crippen LogP contribution < -0.4 is 5.32 Å². The maximum atomic E-state index is 11.3. The van der Waals surface area contributed by atoms with Crippen LogP contribution in [0, 0.1) is 0 Å². The lowest BCUT2D eigenvalue weighted by Crippen LogP contribution is -2.17. The fourth-order valence-electron chi connectivity index (χ4n) is 1.26. The Bertz CT molecular complexity index is 415. The van der Waals surface area contributed by atoms with Gasteiger partial charge in [0.25, 0.3) is 6.01 Å². The molecule has 0 fully saturated rings. The van der Waals surface area contributed by atoms with Crippen molar-refractivity contribution in [3.8, 4) is 0 Å². The summed E-state index contributed by atoms with van der Waals surface area (Å²) in [4.78, 5) is 25.6. The van der Waals surface area contributed by atoms with Crippen LogP contribution in [-0.4, -0.2) is 34.7 Å². The van der Waals surface area contributed by atoms with E-state index in [1.807, 2.05) is 0 Å². The second kappa shape index (κ2) is 6.63. The number of aliphatic carboxylic acids is 1. The Balaban J connectivity index is 2.48. The van der Waals surface area contributed by atoms with Gasteiger partial charge in [-0.2, -0.15) is 4.98 Å². The van der Waals surface area contributed by atoms with Crippen LogP contribution in [0.1, 0.15) is 37.2 Å². The number of carboxylic acids is 1. The molecule has 100 valence electrons. The fourth-order valence-corrected chi connectivity index (χ4v) is 1.26. The molecule has 0 aliphatic rings. The van der Waals surface area contributed by atoms with Crippen molar-refractivity contribution in [1.82, 2.24) is 4.98 Å². The van der Waals surface area contributed by atoms with E-state index in [2.05, 4.69) is 10.3 Å². The summed E-state index contributed by atoms with van der Waals surface area (Å²) in [7, 11) is 0. The van der Waals surface area contributed by atoms with Crippen LogP contribution in [0.3, 0.4) is 0 Å². The van der Waals surface area contributed by atoms with E-state index >= 15 is 0 Å². The molecule has 0 aliphatic heterocycles. The summed E-state index contributed by atoms with van der Waals surface area (Å²) >= 11 is 0. The van der Waals surface area contributed by atoms with Crippen molar-refractivity contribution in [2.75, 3.05) is 11.9 Å². The van der Waals surface area contributed by atoms with Gasteiger partial charge in [0.15, 0.2) is 5.69 Å². The van der Waals surface area contributed by atoms with Crippen molar-refractivity contribution in [2.24, 2.45) is 0 Å². The minimum Gasteiger partial charge on any atom is -0.481 e. The highest BCUT2D eigenvalue weighted by atomic mass is 16.5. The van der Waals surface area contributed by atoms with E-state index in [0.29, 0.717) is 6.42 Å². The quantitative estimate of drug-likeness (QED) is 0.713. The lowest BCUT2D eigenvalue weighted by molar-refractivity contribution is -0.137. The number of oxazole rings is 1. The number of carbonyl (C=O) groups is 2. The van der Waals surface area contributed by atoms with Crippen LogP contribution in [0.2, 0.25) is 0 Å². The molecule has 0 amide bonds. The third-order valence-corrected chi connectivity index (χ3v) is 2.15. The minimum absolute atomic E-state index is 0.0552. The van der Waals surface area contributed by atoms with Gasteiger partial charge in [0.2, 0.25) is 0 Å². The van der Waals surface area contributed by atoms with E-state index in [-0.39, 0.29) is 30.8 Å². The van der Waals surface area contributed by atoms with Crippen LogP contribution in [0.4, 0.5) is 6.01 Å². The number of nitrogens with one attached hydrogen (secondary N) is 1. The second-order valence-electron chi connectivity index (χ2n) is 3.74. The van der Waals surface area contributed by atoms with Crippen LogP contribution in [-0.2, 0) is 9.53 Å². The van der Waals surface area contributed by atoms with Gasteiger partial charge in [-0.15, -0.1) is 0 Å². The Morgan fingerprint density at radius 2 is 2.33 bits per heavy atom. The van der Waals surface area contributed by atoms with E-state index in [1.165, 1.54) is 6.26 Å². The van der Waals surface area contributed by atoms with Gasteiger partial charge in [-0.05, 0) is 20.3 Å². The van der Waals surface area contributed by atoms with E-state index in [1.54, 1.807) is 13.8 Å². The number of rotatable bonds is 7. The van der Waals surface area contributed by atoms with E-state index in [4.69, 9.17) is 14.3 Å². The SMILES string of the molecule is CCOC(=O)c1coc(NC(C)CCC(=O)O)n1. The first-order valence-corrected chi connectivity index (χ1v) is 5.64. The number of esters is 1. The highest BCUT2D eigenvalue weighted by molar-refractivity contribution is 5.87. The smallest absolute Gasteiger partial charge is 0.360 e. The average molecular weight is 256 g/mol. The zero-order chi connectivity index (χ0) is 13.5. The Morgan fingerprint density at radius 3 is 2.94 bits per heavy atom. The van der Waals surface area contributed by atoms with Crippen molar-refractivity contribution < 1.29 is 23.8 Å². The number of hydrogen-bond donors (Lipinski definition) is 2. The lowest BCUT2D eigenvalue weighted by Gasteiger charge is -2.09. The number of aromatic nitrogens is 1. The zero-order valence-electron chi connectivity index (χ0n) is 10.3.